The molecule has 1 aliphatic heterocycles. The van der Waals surface area contributed by atoms with Crippen LogP contribution in [0.3, 0.4) is 0 Å². The molecule has 3 rings (SSSR count). The van der Waals surface area contributed by atoms with E-state index in [1.165, 1.54) is 23.1 Å². The van der Waals surface area contributed by atoms with Crippen LogP contribution in [-0.4, -0.2) is 59.2 Å². The number of imide groups is 1. The molecule has 2 N–H and O–H groups in total. The largest absolute Gasteiger partial charge is 0.354 e. The molecule has 4 amide bonds. The highest BCUT2D eigenvalue weighted by atomic mass is 32.2. The Morgan fingerprint density at radius 3 is 2.12 bits per heavy atom. The van der Waals surface area contributed by atoms with Crippen LogP contribution in [0.1, 0.15) is 44.9 Å². The second-order valence-corrected chi connectivity index (χ2v) is 8.35. The van der Waals surface area contributed by atoms with E-state index in [0.717, 1.165) is 38.5 Å². The van der Waals surface area contributed by atoms with Crippen LogP contribution in [0, 0.1) is 11.8 Å². The predicted octanol–water partition coefficient (Wildman–Crippen LogP) is 0.680. The molecule has 1 heterocycles. The highest BCUT2D eigenvalue weighted by molar-refractivity contribution is 8.00. The van der Waals surface area contributed by atoms with E-state index in [-0.39, 0.29) is 60.1 Å². The first-order valence-electron chi connectivity index (χ1n) is 9.55. The van der Waals surface area contributed by atoms with E-state index < -0.39 is 0 Å². The molecule has 0 aromatic heterocycles. The fourth-order valence-corrected chi connectivity index (χ4v) is 4.53. The maximum atomic E-state index is 12.3. The van der Waals surface area contributed by atoms with Gasteiger partial charge in [0.15, 0.2) is 0 Å². The Kier molecular flexibility index (Phi) is 6.56. The number of carbonyl (C=O) groups excluding carboxylic acids is 4. The number of carbonyl (C=O) groups is 4. The zero-order valence-electron chi connectivity index (χ0n) is 15.0. The van der Waals surface area contributed by atoms with Gasteiger partial charge in [-0.3, -0.25) is 24.1 Å². The van der Waals surface area contributed by atoms with Gasteiger partial charge < -0.3 is 10.6 Å². The van der Waals surface area contributed by atoms with Crippen LogP contribution in [0.25, 0.3) is 0 Å². The van der Waals surface area contributed by atoms with Gasteiger partial charge in [-0.2, -0.15) is 0 Å². The highest BCUT2D eigenvalue weighted by Crippen LogP contribution is 2.37. The van der Waals surface area contributed by atoms with Crippen LogP contribution >= 0.6 is 11.8 Å². The molecule has 7 nitrogen and oxygen atoms in total. The van der Waals surface area contributed by atoms with E-state index in [4.69, 9.17) is 0 Å². The first-order chi connectivity index (χ1) is 12.6. The van der Waals surface area contributed by atoms with Crippen LogP contribution in [-0.2, 0) is 19.2 Å². The van der Waals surface area contributed by atoms with Gasteiger partial charge >= 0.3 is 0 Å². The molecule has 8 heteroatoms. The molecule has 0 bridgehead atoms. The Labute approximate surface area is 158 Å². The Bertz CT molecular complexity index is 555. The van der Waals surface area contributed by atoms with Crippen molar-refractivity contribution in [3.8, 4) is 0 Å². The molecule has 2 aliphatic carbocycles. The number of amides is 4. The third-order valence-corrected chi connectivity index (χ3v) is 6.46. The summed E-state index contributed by atoms with van der Waals surface area (Å²) in [7, 11) is 0. The lowest BCUT2D eigenvalue weighted by molar-refractivity contribution is -0.140. The summed E-state index contributed by atoms with van der Waals surface area (Å²) in [5.74, 6) is -0.159. The molecule has 3 aliphatic rings. The summed E-state index contributed by atoms with van der Waals surface area (Å²) in [5, 5.41) is 5.66. The van der Waals surface area contributed by atoms with Gasteiger partial charge in [0, 0.05) is 19.1 Å². The molecule has 0 spiro atoms. The monoisotopic (exact) mass is 381 g/mol. The van der Waals surface area contributed by atoms with Crippen LogP contribution in [0.5, 0.6) is 0 Å². The van der Waals surface area contributed by atoms with Crippen LogP contribution in [0.2, 0.25) is 0 Å². The minimum Gasteiger partial charge on any atom is -0.354 e. The van der Waals surface area contributed by atoms with E-state index in [0.29, 0.717) is 6.04 Å². The molecule has 2 atom stereocenters. The van der Waals surface area contributed by atoms with Crippen molar-refractivity contribution < 1.29 is 19.2 Å². The predicted molar refractivity (Wildman–Crippen MR) is 98.3 cm³/mol. The lowest BCUT2D eigenvalue weighted by atomic mass is 9.81. The Balaban J connectivity index is 1.30. The number of hydrogen-bond acceptors (Lipinski definition) is 5. The van der Waals surface area contributed by atoms with Gasteiger partial charge in [0.1, 0.15) is 0 Å². The number of likely N-dealkylation sites (tertiary alicyclic amines) is 1. The quantitative estimate of drug-likeness (QED) is 0.603. The molecule has 26 heavy (non-hydrogen) atoms. The summed E-state index contributed by atoms with van der Waals surface area (Å²) < 4.78 is 0. The Hall–Kier alpha value is -1.57. The van der Waals surface area contributed by atoms with Crippen molar-refractivity contribution in [3.05, 3.63) is 0 Å². The SMILES string of the molecule is O=C(CSCC(=O)NC1CCC1)NCCN1C(=O)[C@H]2CCCC[C@H]2C1=O. The van der Waals surface area contributed by atoms with Crippen molar-refractivity contribution in [1.29, 1.82) is 0 Å². The number of rotatable bonds is 8. The van der Waals surface area contributed by atoms with Crippen molar-refractivity contribution in [2.45, 2.75) is 51.0 Å². The fourth-order valence-electron chi connectivity index (χ4n) is 3.87. The first kappa shape index (κ1) is 19.2. The summed E-state index contributed by atoms with van der Waals surface area (Å²) in [6.07, 6.45) is 6.89. The zero-order valence-corrected chi connectivity index (χ0v) is 15.8. The molecule has 0 aromatic rings. The smallest absolute Gasteiger partial charge is 0.233 e. The number of thioether (sulfide) groups is 1. The van der Waals surface area contributed by atoms with Crippen LogP contribution in [0.15, 0.2) is 0 Å². The van der Waals surface area contributed by atoms with Crippen LogP contribution < -0.4 is 10.6 Å². The second kappa shape index (κ2) is 8.88. The van der Waals surface area contributed by atoms with Crippen molar-refractivity contribution in [3.63, 3.8) is 0 Å². The van der Waals surface area contributed by atoms with Gasteiger partial charge in [0.25, 0.3) is 0 Å². The molecule has 0 aromatic carbocycles. The van der Waals surface area contributed by atoms with Gasteiger partial charge in [0.05, 0.1) is 23.3 Å². The molecule has 1 saturated heterocycles. The van der Waals surface area contributed by atoms with Gasteiger partial charge in [-0.1, -0.05) is 12.8 Å². The Morgan fingerprint density at radius 2 is 1.54 bits per heavy atom. The summed E-state index contributed by atoms with van der Waals surface area (Å²) in [4.78, 5) is 49.5. The zero-order chi connectivity index (χ0) is 18.5. The molecular weight excluding hydrogens is 354 g/mol. The lowest BCUT2D eigenvalue weighted by Gasteiger charge is -2.26. The number of nitrogens with one attached hydrogen (secondary N) is 2. The summed E-state index contributed by atoms with van der Waals surface area (Å²) in [5.41, 5.74) is 0. The van der Waals surface area contributed by atoms with Crippen molar-refractivity contribution >= 4 is 35.4 Å². The topological polar surface area (TPSA) is 95.6 Å². The maximum absolute atomic E-state index is 12.3. The van der Waals surface area contributed by atoms with Gasteiger partial charge in [0.2, 0.25) is 23.6 Å². The first-order valence-corrected chi connectivity index (χ1v) is 10.7. The lowest BCUT2D eigenvalue weighted by Crippen LogP contribution is -2.41. The summed E-state index contributed by atoms with van der Waals surface area (Å²) in [6.45, 7) is 0.508. The molecule has 0 radical (unpaired) electrons. The fraction of sp³-hybridized carbons (Fsp3) is 0.778. The van der Waals surface area contributed by atoms with E-state index in [1.54, 1.807) is 0 Å². The number of hydrogen-bond donors (Lipinski definition) is 2. The van der Waals surface area contributed by atoms with Gasteiger partial charge in [-0.05, 0) is 32.1 Å². The third kappa shape index (κ3) is 4.58. The second-order valence-electron chi connectivity index (χ2n) is 7.36. The number of fused-ring (bicyclic) bond motifs is 1. The highest BCUT2D eigenvalue weighted by Gasteiger charge is 2.47. The minimum atomic E-state index is -0.178. The van der Waals surface area contributed by atoms with Crippen molar-refractivity contribution in [2.75, 3.05) is 24.6 Å². The van der Waals surface area contributed by atoms with E-state index >= 15 is 0 Å². The number of nitrogens with zero attached hydrogens (tertiary/aromatic N) is 1. The molecule has 2 saturated carbocycles. The molecular formula is C18H27N3O4S. The summed E-state index contributed by atoms with van der Waals surface area (Å²) in [6, 6.07) is 0.316. The maximum Gasteiger partial charge on any atom is 0.233 e. The van der Waals surface area contributed by atoms with E-state index in [9.17, 15) is 19.2 Å². The van der Waals surface area contributed by atoms with Gasteiger partial charge in [-0.25, -0.2) is 0 Å². The Morgan fingerprint density at radius 1 is 0.923 bits per heavy atom. The van der Waals surface area contributed by atoms with Crippen molar-refractivity contribution in [1.82, 2.24) is 15.5 Å². The van der Waals surface area contributed by atoms with Crippen molar-refractivity contribution in [2.24, 2.45) is 11.8 Å². The molecule has 144 valence electrons. The minimum absolute atomic E-state index is 0.0247. The average molecular weight is 381 g/mol. The normalized spacial score (nSPS) is 25.6. The third-order valence-electron chi connectivity index (χ3n) is 5.53. The summed E-state index contributed by atoms with van der Waals surface area (Å²) >= 11 is 1.27. The average Bonchev–Trinajstić information content (AvgIpc) is 2.83. The van der Waals surface area contributed by atoms with E-state index in [2.05, 4.69) is 10.6 Å². The van der Waals surface area contributed by atoms with E-state index in [1.807, 2.05) is 0 Å². The van der Waals surface area contributed by atoms with Gasteiger partial charge in [-0.15, -0.1) is 11.8 Å². The van der Waals surface area contributed by atoms with Crippen LogP contribution in [0.4, 0.5) is 0 Å². The molecule has 3 fully saturated rings. The standard InChI is InChI=1S/C18H27N3O4S/c22-15(10-26-11-16(23)20-12-4-3-5-12)19-8-9-21-17(24)13-6-1-2-7-14(13)18(21)25/h12-14H,1-11H2,(H,19,22)(H,20,23)/t13-,14+. The molecule has 0 unspecified atom stereocenters.